The first-order valence-corrected chi connectivity index (χ1v) is 5.85. The van der Waals surface area contributed by atoms with Crippen LogP contribution in [-0.2, 0) is 11.2 Å². The van der Waals surface area contributed by atoms with Gasteiger partial charge in [0.25, 0.3) is 0 Å². The quantitative estimate of drug-likeness (QED) is 0.812. The van der Waals surface area contributed by atoms with E-state index >= 15 is 0 Å². The second-order valence-corrected chi connectivity index (χ2v) is 4.54. The molecule has 0 bridgehead atoms. The minimum absolute atomic E-state index is 0.211. The summed E-state index contributed by atoms with van der Waals surface area (Å²) >= 11 is 0. The first kappa shape index (κ1) is 11.1. The molecule has 5 heteroatoms. The molecule has 16 heavy (non-hydrogen) atoms. The number of aromatic nitrogens is 3. The Bertz CT molecular complexity index is 395. The number of primary amides is 1. The van der Waals surface area contributed by atoms with Crippen molar-refractivity contribution in [2.75, 3.05) is 0 Å². The van der Waals surface area contributed by atoms with Crippen molar-refractivity contribution >= 4 is 5.91 Å². The van der Waals surface area contributed by atoms with E-state index in [0.29, 0.717) is 12.0 Å². The van der Waals surface area contributed by atoms with Gasteiger partial charge in [-0.25, -0.2) is 4.68 Å². The Morgan fingerprint density at radius 1 is 1.62 bits per heavy atom. The van der Waals surface area contributed by atoms with Crippen LogP contribution in [0.3, 0.4) is 0 Å². The van der Waals surface area contributed by atoms with Crippen molar-refractivity contribution in [2.45, 2.75) is 51.5 Å². The molecule has 1 heterocycles. The van der Waals surface area contributed by atoms with Crippen LogP contribution in [-0.4, -0.2) is 20.9 Å². The standard InChI is InChI=1S/C11H18N4O/c1-3-7(2)15-11(8-4-5-8)9(13-14-15)6-10(12)16/h7-8H,3-6H2,1-2H3,(H2,12,16). The average molecular weight is 222 g/mol. The normalized spacial score (nSPS) is 17.4. The second kappa shape index (κ2) is 4.23. The lowest BCUT2D eigenvalue weighted by Crippen LogP contribution is -2.16. The minimum Gasteiger partial charge on any atom is -0.369 e. The summed E-state index contributed by atoms with van der Waals surface area (Å²) in [6.07, 6.45) is 3.58. The highest BCUT2D eigenvalue weighted by Crippen LogP contribution is 2.42. The summed E-state index contributed by atoms with van der Waals surface area (Å²) in [5, 5.41) is 8.26. The largest absolute Gasteiger partial charge is 0.369 e. The van der Waals surface area contributed by atoms with Gasteiger partial charge in [-0.05, 0) is 26.2 Å². The molecule has 5 nitrogen and oxygen atoms in total. The molecular weight excluding hydrogens is 204 g/mol. The number of hydrogen-bond acceptors (Lipinski definition) is 3. The Labute approximate surface area is 95.0 Å². The van der Waals surface area contributed by atoms with Gasteiger partial charge in [0.15, 0.2) is 0 Å². The highest BCUT2D eigenvalue weighted by molar-refractivity contribution is 5.76. The number of hydrogen-bond donors (Lipinski definition) is 1. The maximum atomic E-state index is 11.0. The molecule has 0 radical (unpaired) electrons. The van der Waals surface area contributed by atoms with Crippen LogP contribution in [0, 0.1) is 0 Å². The predicted octanol–water partition coefficient (Wildman–Crippen LogP) is 1.15. The van der Waals surface area contributed by atoms with Crippen molar-refractivity contribution in [3.8, 4) is 0 Å². The first-order chi connectivity index (χ1) is 7.63. The third-order valence-electron chi connectivity index (χ3n) is 3.12. The van der Waals surface area contributed by atoms with Crippen LogP contribution in [0.5, 0.6) is 0 Å². The third kappa shape index (κ3) is 2.08. The summed E-state index contributed by atoms with van der Waals surface area (Å²) in [6.45, 7) is 4.24. The summed E-state index contributed by atoms with van der Waals surface area (Å²) < 4.78 is 1.97. The number of carbonyl (C=O) groups is 1. The maximum Gasteiger partial charge on any atom is 0.223 e. The molecule has 2 rings (SSSR count). The molecule has 1 saturated carbocycles. The van der Waals surface area contributed by atoms with Crippen molar-refractivity contribution < 1.29 is 4.79 Å². The van der Waals surface area contributed by atoms with Gasteiger partial charge in [-0.15, -0.1) is 5.10 Å². The van der Waals surface area contributed by atoms with E-state index in [1.807, 2.05) is 4.68 Å². The van der Waals surface area contributed by atoms with Crippen molar-refractivity contribution in [1.82, 2.24) is 15.0 Å². The van der Waals surface area contributed by atoms with Gasteiger partial charge in [0.05, 0.1) is 23.9 Å². The summed E-state index contributed by atoms with van der Waals surface area (Å²) in [6, 6.07) is 0.338. The smallest absolute Gasteiger partial charge is 0.223 e. The highest BCUT2D eigenvalue weighted by atomic mass is 16.1. The van der Waals surface area contributed by atoms with Crippen LogP contribution in [0.1, 0.15) is 56.5 Å². The van der Waals surface area contributed by atoms with Gasteiger partial charge in [0, 0.05) is 5.92 Å². The molecule has 2 N–H and O–H groups in total. The lowest BCUT2D eigenvalue weighted by atomic mass is 10.1. The highest BCUT2D eigenvalue weighted by Gasteiger charge is 2.32. The van der Waals surface area contributed by atoms with E-state index < -0.39 is 0 Å². The van der Waals surface area contributed by atoms with Gasteiger partial charge in [0.1, 0.15) is 0 Å². The van der Waals surface area contributed by atoms with Crippen LogP contribution >= 0.6 is 0 Å². The van der Waals surface area contributed by atoms with Gasteiger partial charge in [0.2, 0.25) is 5.91 Å². The van der Waals surface area contributed by atoms with Crippen molar-refractivity contribution in [3.63, 3.8) is 0 Å². The SMILES string of the molecule is CCC(C)n1nnc(CC(N)=O)c1C1CC1. The van der Waals surface area contributed by atoms with E-state index in [4.69, 9.17) is 5.73 Å². The average Bonchev–Trinajstić information content (AvgIpc) is 2.99. The molecule has 1 aliphatic carbocycles. The van der Waals surface area contributed by atoms with Crippen LogP contribution < -0.4 is 5.73 Å². The molecular formula is C11H18N4O. The molecule has 1 unspecified atom stereocenters. The topological polar surface area (TPSA) is 73.8 Å². The Balaban J connectivity index is 2.31. The van der Waals surface area contributed by atoms with Crippen LogP contribution in [0.4, 0.5) is 0 Å². The van der Waals surface area contributed by atoms with Crippen LogP contribution in [0.15, 0.2) is 0 Å². The third-order valence-corrected chi connectivity index (χ3v) is 3.12. The lowest BCUT2D eigenvalue weighted by Gasteiger charge is -2.12. The van der Waals surface area contributed by atoms with E-state index in [1.54, 1.807) is 0 Å². The zero-order valence-corrected chi connectivity index (χ0v) is 9.81. The van der Waals surface area contributed by atoms with Gasteiger partial charge < -0.3 is 5.73 Å². The molecule has 1 aromatic rings. The van der Waals surface area contributed by atoms with Crippen LogP contribution in [0.2, 0.25) is 0 Å². The number of nitrogens with two attached hydrogens (primary N) is 1. The Morgan fingerprint density at radius 2 is 2.31 bits per heavy atom. The van der Waals surface area contributed by atoms with E-state index in [2.05, 4.69) is 24.2 Å². The van der Waals surface area contributed by atoms with E-state index in [9.17, 15) is 4.79 Å². The lowest BCUT2D eigenvalue weighted by molar-refractivity contribution is -0.117. The van der Waals surface area contributed by atoms with Gasteiger partial charge >= 0.3 is 0 Å². The second-order valence-electron chi connectivity index (χ2n) is 4.54. The Morgan fingerprint density at radius 3 is 2.81 bits per heavy atom. The molecule has 1 aliphatic rings. The monoisotopic (exact) mass is 222 g/mol. The Hall–Kier alpha value is -1.39. The first-order valence-electron chi connectivity index (χ1n) is 5.85. The maximum absolute atomic E-state index is 11.0. The molecule has 0 spiro atoms. The Kier molecular flexibility index (Phi) is 2.94. The molecule has 0 aromatic carbocycles. The fraction of sp³-hybridized carbons (Fsp3) is 0.727. The molecule has 88 valence electrons. The molecule has 1 amide bonds. The molecule has 1 fully saturated rings. The van der Waals surface area contributed by atoms with Gasteiger partial charge in [-0.2, -0.15) is 0 Å². The number of rotatable bonds is 5. The fourth-order valence-electron chi connectivity index (χ4n) is 1.90. The zero-order chi connectivity index (χ0) is 11.7. The number of amides is 1. The van der Waals surface area contributed by atoms with Gasteiger partial charge in [-0.3, -0.25) is 4.79 Å². The molecule has 0 aliphatic heterocycles. The minimum atomic E-state index is -0.335. The number of carbonyl (C=O) groups excluding carboxylic acids is 1. The zero-order valence-electron chi connectivity index (χ0n) is 9.81. The van der Waals surface area contributed by atoms with E-state index in [1.165, 1.54) is 12.8 Å². The summed E-state index contributed by atoms with van der Waals surface area (Å²) in [5.74, 6) is 0.205. The van der Waals surface area contributed by atoms with Gasteiger partial charge in [-0.1, -0.05) is 12.1 Å². The van der Waals surface area contributed by atoms with Crippen molar-refractivity contribution in [3.05, 3.63) is 11.4 Å². The molecule has 1 aromatic heterocycles. The summed E-state index contributed by atoms with van der Waals surface area (Å²) in [4.78, 5) is 11.0. The van der Waals surface area contributed by atoms with E-state index in [0.717, 1.165) is 17.8 Å². The number of nitrogens with zero attached hydrogens (tertiary/aromatic N) is 3. The van der Waals surface area contributed by atoms with Crippen LogP contribution in [0.25, 0.3) is 0 Å². The summed E-state index contributed by atoms with van der Waals surface area (Å²) in [5.41, 5.74) is 7.12. The van der Waals surface area contributed by atoms with Crippen molar-refractivity contribution in [2.24, 2.45) is 5.73 Å². The molecule has 0 saturated heterocycles. The fourth-order valence-corrected chi connectivity index (χ4v) is 1.90. The van der Waals surface area contributed by atoms with Crippen molar-refractivity contribution in [1.29, 1.82) is 0 Å². The summed E-state index contributed by atoms with van der Waals surface area (Å²) in [7, 11) is 0. The van der Waals surface area contributed by atoms with E-state index in [-0.39, 0.29) is 12.3 Å². The predicted molar refractivity (Wildman–Crippen MR) is 59.9 cm³/mol. The molecule has 1 atom stereocenters.